The third-order valence-corrected chi connectivity index (χ3v) is 4.20. The van der Waals surface area contributed by atoms with Gasteiger partial charge in [0.1, 0.15) is 5.82 Å². The summed E-state index contributed by atoms with van der Waals surface area (Å²) in [5.74, 6) is -0.164. The molecule has 1 saturated heterocycles. The van der Waals surface area contributed by atoms with Crippen LogP contribution in [0.3, 0.4) is 0 Å². The average molecular weight is 280 g/mol. The number of rotatable bonds is 5. The van der Waals surface area contributed by atoms with Crippen molar-refractivity contribution in [1.82, 2.24) is 4.90 Å². The molecule has 0 bridgehead atoms. The molecule has 1 aromatic carbocycles. The minimum atomic E-state index is -0.164. The van der Waals surface area contributed by atoms with E-state index in [1.807, 2.05) is 12.1 Å². The molecule has 2 rings (SSSR count). The van der Waals surface area contributed by atoms with Crippen molar-refractivity contribution in [2.45, 2.75) is 44.8 Å². The Hall–Kier alpha value is -0.970. The Morgan fingerprint density at radius 3 is 2.80 bits per heavy atom. The fraction of sp³-hybridized carbons (Fsp3) is 0.625. The zero-order valence-corrected chi connectivity index (χ0v) is 12.4. The Kier molecular flexibility index (Phi) is 5.52. The molecule has 0 spiro atoms. The minimum absolute atomic E-state index is 0.0703. The highest BCUT2D eigenvalue weighted by molar-refractivity contribution is 5.23. The molecule has 3 unspecified atom stereocenters. The van der Waals surface area contributed by atoms with E-state index in [0.29, 0.717) is 24.8 Å². The lowest BCUT2D eigenvalue weighted by Crippen LogP contribution is -2.51. The van der Waals surface area contributed by atoms with Gasteiger partial charge in [0, 0.05) is 24.2 Å². The van der Waals surface area contributed by atoms with Crippen LogP contribution in [0.15, 0.2) is 24.3 Å². The second kappa shape index (κ2) is 7.16. The molecule has 0 radical (unpaired) electrons. The number of ether oxygens (including phenoxy) is 1. The van der Waals surface area contributed by atoms with Gasteiger partial charge in [0.15, 0.2) is 0 Å². The summed E-state index contributed by atoms with van der Waals surface area (Å²) in [6, 6.07) is 7.16. The normalized spacial score (nSPS) is 23.5. The summed E-state index contributed by atoms with van der Waals surface area (Å²) in [5.41, 5.74) is 7.03. The maximum absolute atomic E-state index is 14.2. The Morgan fingerprint density at radius 2 is 2.15 bits per heavy atom. The summed E-state index contributed by atoms with van der Waals surface area (Å²) in [5, 5.41) is 0. The summed E-state index contributed by atoms with van der Waals surface area (Å²) in [7, 11) is 0. The molecule has 4 heteroatoms. The van der Waals surface area contributed by atoms with Gasteiger partial charge < -0.3 is 10.5 Å². The number of nitrogens with two attached hydrogens (primary N) is 1. The Morgan fingerprint density at radius 1 is 1.40 bits per heavy atom. The van der Waals surface area contributed by atoms with Crippen molar-refractivity contribution in [3.8, 4) is 0 Å². The van der Waals surface area contributed by atoms with Crippen molar-refractivity contribution in [3.63, 3.8) is 0 Å². The first kappa shape index (κ1) is 15.4. The number of morpholine rings is 1. The molecule has 1 heterocycles. The molecule has 0 aromatic heterocycles. The van der Waals surface area contributed by atoms with Crippen LogP contribution in [0.5, 0.6) is 0 Å². The van der Waals surface area contributed by atoms with Gasteiger partial charge in [-0.05, 0) is 18.9 Å². The first-order chi connectivity index (χ1) is 9.69. The van der Waals surface area contributed by atoms with E-state index < -0.39 is 0 Å². The van der Waals surface area contributed by atoms with Crippen LogP contribution in [0.4, 0.5) is 4.39 Å². The summed E-state index contributed by atoms with van der Waals surface area (Å²) >= 11 is 0. The van der Waals surface area contributed by atoms with Crippen LogP contribution in [-0.2, 0) is 4.74 Å². The molecule has 1 aliphatic rings. The van der Waals surface area contributed by atoms with Gasteiger partial charge in [0.2, 0.25) is 0 Å². The molecule has 0 saturated carbocycles. The number of halogens is 1. The van der Waals surface area contributed by atoms with E-state index in [2.05, 4.69) is 18.7 Å². The Labute approximate surface area is 120 Å². The number of nitrogens with zero attached hydrogens (tertiary/aromatic N) is 1. The molecule has 3 atom stereocenters. The van der Waals surface area contributed by atoms with Crippen molar-refractivity contribution in [2.24, 2.45) is 5.73 Å². The van der Waals surface area contributed by atoms with Crippen molar-refractivity contribution in [1.29, 1.82) is 0 Å². The smallest absolute Gasteiger partial charge is 0.128 e. The van der Waals surface area contributed by atoms with Crippen LogP contribution in [0.25, 0.3) is 0 Å². The molecule has 2 N–H and O–H groups in total. The highest BCUT2D eigenvalue weighted by atomic mass is 19.1. The molecule has 1 aliphatic heterocycles. The fourth-order valence-corrected chi connectivity index (χ4v) is 2.98. The van der Waals surface area contributed by atoms with Gasteiger partial charge in [0.25, 0.3) is 0 Å². The predicted molar refractivity (Wildman–Crippen MR) is 79.0 cm³/mol. The SMILES string of the molecule is CCC(N)C(c1ccccc1F)N1CCOCC1CC. The van der Waals surface area contributed by atoms with E-state index in [4.69, 9.17) is 10.5 Å². The van der Waals surface area contributed by atoms with Crippen molar-refractivity contribution in [3.05, 3.63) is 35.6 Å². The quantitative estimate of drug-likeness (QED) is 0.901. The Bertz CT molecular complexity index is 427. The van der Waals surface area contributed by atoms with Crippen LogP contribution in [0, 0.1) is 5.82 Å². The maximum atomic E-state index is 14.2. The molecule has 1 fully saturated rings. The van der Waals surface area contributed by atoms with Gasteiger partial charge in [-0.15, -0.1) is 0 Å². The fourth-order valence-electron chi connectivity index (χ4n) is 2.98. The van der Waals surface area contributed by atoms with E-state index >= 15 is 0 Å². The van der Waals surface area contributed by atoms with Crippen LogP contribution in [0.1, 0.15) is 38.3 Å². The molecule has 112 valence electrons. The van der Waals surface area contributed by atoms with Gasteiger partial charge in [-0.1, -0.05) is 32.0 Å². The number of benzene rings is 1. The van der Waals surface area contributed by atoms with E-state index in [0.717, 1.165) is 19.4 Å². The highest BCUT2D eigenvalue weighted by Crippen LogP contribution is 2.31. The monoisotopic (exact) mass is 280 g/mol. The lowest BCUT2D eigenvalue weighted by molar-refractivity contribution is -0.0369. The van der Waals surface area contributed by atoms with Gasteiger partial charge in [0.05, 0.1) is 19.3 Å². The van der Waals surface area contributed by atoms with Crippen LogP contribution >= 0.6 is 0 Å². The molecule has 1 aromatic rings. The maximum Gasteiger partial charge on any atom is 0.128 e. The van der Waals surface area contributed by atoms with Crippen LogP contribution < -0.4 is 5.73 Å². The summed E-state index contributed by atoms with van der Waals surface area (Å²) in [6.45, 7) is 6.41. The van der Waals surface area contributed by atoms with Crippen molar-refractivity contribution < 1.29 is 9.13 Å². The lowest BCUT2D eigenvalue weighted by Gasteiger charge is -2.43. The average Bonchev–Trinajstić information content (AvgIpc) is 2.49. The third kappa shape index (κ3) is 3.19. The van der Waals surface area contributed by atoms with E-state index in [1.165, 1.54) is 6.07 Å². The standard InChI is InChI=1S/C16H25FN2O/c1-3-12-11-20-10-9-19(12)16(15(18)4-2)13-7-5-6-8-14(13)17/h5-8,12,15-16H,3-4,9-11,18H2,1-2H3. The zero-order chi connectivity index (χ0) is 14.5. The lowest BCUT2D eigenvalue weighted by atomic mass is 9.93. The molecular formula is C16H25FN2O. The minimum Gasteiger partial charge on any atom is -0.378 e. The van der Waals surface area contributed by atoms with E-state index in [9.17, 15) is 4.39 Å². The second-order valence-electron chi connectivity index (χ2n) is 5.41. The zero-order valence-electron chi connectivity index (χ0n) is 12.4. The number of hydrogen-bond acceptors (Lipinski definition) is 3. The molecule has 0 amide bonds. The van der Waals surface area contributed by atoms with Gasteiger partial charge >= 0.3 is 0 Å². The second-order valence-corrected chi connectivity index (χ2v) is 5.41. The first-order valence-electron chi connectivity index (χ1n) is 7.52. The topological polar surface area (TPSA) is 38.5 Å². The molecule has 0 aliphatic carbocycles. The molecule has 3 nitrogen and oxygen atoms in total. The first-order valence-corrected chi connectivity index (χ1v) is 7.52. The van der Waals surface area contributed by atoms with Crippen LogP contribution in [-0.4, -0.2) is 36.7 Å². The number of hydrogen-bond donors (Lipinski definition) is 1. The third-order valence-electron chi connectivity index (χ3n) is 4.20. The van der Waals surface area contributed by atoms with E-state index in [-0.39, 0.29) is 17.9 Å². The van der Waals surface area contributed by atoms with Gasteiger partial charge in [-0.2, -0.15) is 0 Å². The summed E-state index contributed by atoms with van der Waals surface area (Å²) in [4.78, 5) is 2.33. The van der Waals surface area contributed by atoms with Crippen molar-refractivity contribution in [2.75, 3.05) is 19.8 Å². The largest absolute Gasteiger partial charge is 0.378 e. The van der Waals surface area contributed by atoms with Gasteiger partial charge in [-0.3, -0.25) is 4.90 Å². The van der Waals surface area contributed by atoms with E-state index in [1.54, 1.807) is 6.07 Å². The van der Waals surface area contributed by atoms with Crippen LogP contribution in [0.2, 0.25) is 0 Å². The Balaban J connectivity index is 2.34. The highest BCUT2D eigenvalue weighted by Gasteiger charge is 2.33. The van der Waals surface area contributed by atoms with Crippen molar-refractivity contribution >= 4 is 0 Å². The molecule has 20 heavy (non-hydrogen) atoms. The molecular weight excluding hydrogens is 255 g/mol. The summed E-state index contributed by atoms with van der Waals surface area (Å²) in [6.07, 6.45) is 1.81. The predicted octanol–water partition coefficient (Wildman–Crippen LogP) is 2.71. The summed E-state index contributed by atoms with van der Waals surface area (Å²) < 4.78 is 19.8. The van der Waals surface area contributed by atoms with Gasteiger partial charge in [-0.25, -0.2) is 4.39 Å².